The quantitative estimate of drug-likeness (QED) is 0.00646. The van der Waals surface area contributed by atoms with Crippen LogP contribution in [0.15, 0.2) is 206 Å². The highest BCUT2D eigenvalue weighted by Crippen LogP contribution is 2.35. The zero-order valence-corrected chi connectivity index (χ0v) is 63.1. The third-order valence-corrected chi connectivity index (χ3v) is 16.4. The standard InChI is InChI=1S/C23H28N4O3.C17H18N2O7S.C17H25NO3.C9H12N2O4S.C9H12NO5P/c28-17-20(16-18-8-3-1-4-9-18)26-23(30)21-12-7-15-27(21)25-14-13-24-22(29)19-10-5-2-6-11-19;20-16(14-4-2-1-3-5-14)18-10-11-19-17(21)25-12-13-6-8-15(9-7-13)26-27(22,23)24;1-2-3-4-5-9-12-16(19)21-14-13-18-17(20)15-10-7-6-8-11-15;12-9(8-4-2-1-3-5-8)10-6-7-11-16(13,14)15;11-9(8-4-2-1-3-5-8)10-6-7-15-16(12,13)14/h1-6,8-11,17,20-21,25H,7,12-16H2,(H,24,29)(H,26,30);1-9H,10-12H2,(H,18,20)(H,19,21)(H,22,23,24);6-8,10-11H,2-5,9,12-14H2,1H3,(H,18,20);1-5,11H,6-7H2,(H,10,12)(H,13,14,15);1-5H,6-7H2,(H,10,11)(H2,12,13,14)/t20-,21-;;;;/m0..../s1. The molecule has 32 nitrogen and oxygen atoms in total. The fraction of sp³-hybridized carbons (Fsp3) is 0.320. The molecule has 7 aromatic rings. The number of carbonyl (C=O) groups is 9. The van der Waals surface area contributed by atoms with E-state index in [-0.39, 0.29) is 106 Å². The normalized spacial score (nSPS) is 12.5. The summed E-state index contributed by atoms with van der Waals surface area (Å²) in [6.45, 7) is 4.69. The summed E-state index contributed by atoms with van der Waals surface area (Å²) in [6.07, 6.45) is 8.25. The van der Waals surface area contributed by atoms with Crippen molar-refractivity contribution in [3.05, 3.63) is 245 Å². The van der Waals surface area contributed by atoms with Gasteiger partial charge >= 0.3 is 40.6 Å². The number of phosphoric acid groups is 1. The number of ether oxygens (including phenoxy) is 2. The summed E-state index contributed by atoms with van der Waals surface area (Å²) in [5, 5.41) is 20.4. The lowest BCUT2D eigenvalue weighted by atomic mass is 10.1. The van der Waals surface area contributed by atoms with Crippen LogP contribution in [0.4, 0.5) is 4.79 Å². The van der Waals surface area contributed by atoms with Gasteiger partial charge in [0.05, 0.1) is 19.2 Å². The van der Waals surface area contributed by atoms with Crippen molar-refractivity contribution in [2.45, 2.75) is 83.4 Å². The number of unbranched alkanes of at least 4 members (excludes halogenated alkanes) is 4. The van der Waals surface area contributed by atoms with Crippen molar-refractivity contribution in [3.63, 3.8) is 0 Å². The summed E-state index contributed by atoms with van der Waals surface area (Å²) in [4.78, 5) is 122. The van der Waals surface area contributed by atoms with Crippen molar-refractivity contribution < 1.29 is 102 Å². The van der Waals surface area contributed by atoms with Crippen LogP contribution < -0.4 is 51.5 Å². The number of amides is 7. The number of benzene rings is 7. The largest absolute Gasteiger partial charge is 0.469 e. The lowest BCUT2D eigenvalue weighted by Gasteiger charge is -2.25. The van der Waals surface area contributed by atoms with Gasteiger partial charge in [0, 0.05) is 86.6 Å². The number of nitrogens with one attached hydrogen (secondary N) is 9. The first-order valence-electron chi connectivity index (χ1n) is 34.9. The highest BCUT2D eigenvalue weighted by molar-refractivity contribution is 7.83. The molecule has 7 aromatic carbocycles. The van der Waals surface area contributed by atoms with Gasteiger partial charge < -0.3 is 65.5 Å². The Kier molecular flexibility index (Phi) is 43.7. The summed E-state index contributed by atoms with van der Waals surface area (Å²) in [7, 11) is -13.2. The second kappa shape index (κ2) is 52.4. The lowest BCUT2D eigenvalue weighted by molar-refractivity contribution is -0.143. The van der Waals surface area contributed by atoms with Crippen LogP contribution in [-0.2, 0) is 66.7 Å². The second-order valence-electron chi connectivity index (χ2n) is 23.5. The molecule has 1 aliphatic heterocycles. The van der Waals surface area contributed by atoms with Gasteiger partial charge in [0.2, 0.25) is 5.91 Å². The summed E-state index contributed by atoms with van der Waals surface area (Å²) in [5.74, 6) is -1.51. The first kappa shape index (κ1) is 91.8. The Bertz CT molecular complexity index is 4170. The molecule has 8 rings (SSSR count). The maximum atomic E-state index is 12.7. The zero-order valence-electron chi connectivity index (χ0n) is 60.6. The first-order chi connectivity index (χ1) is 52.7. The van der Waals surface area contributed by atoms with Crippen LogP contribution in [0.25, 0.3) is 0 Å². The van der Waals surface area contributed by atoms with Gasteiger partial charge in [0.15, 0.2) is 0 Å². The Hall–Kier alpha value is -10.6. The van der Waals surface area contributed by atoms with Gasteiger partial charge in [-0.2, -0.15) is 21.6 Å². The SMILES string of the molecule is CCCCCCCC(=O)OCCNC(=O)c1ccccc1.O=C(NCCNC(=O)c1ccccc1)OCc1ccc(OS(=O)(=O)O)cc1.O=C(NCCNS(=O)(=O)O)c1ccccc1.O=C(NCCOP(=O)(O)O)c1ccccc1.O=C[C@H](Cc1ccccc1)NC(=O)[C@@H]1CCCN1NCCNC(=O)c1ccccc1. The average molecular weight is 1580 g/mol. The van der Waals surface area contributed by atoms with Crippen LogP contribution in [0.1, 0.15) is 121 Å². The molecule has 0 radical (unpaired) electrons. The molecule has 0 saturated carbocycles. The molecule has 1 heterocycles. The minimum atomic E-state index is -4.58. The molecule has 0 aliphatic carbocycles. The monoisotopic (exact) mass is 1580 g/mol. The minimum Gasteiger partial charge on any atom is -0.464 e. The van der Waals surface area contributed by atoms with Crippen LogP contribution in [0.5, 0.6) is 5.75 Å². The van der Waals surface area contributed by atoms with Gasteiger partial charge in [0.25, 0.3) is 29.5 Å². The van der Waals surface area contributed by atoms with Crippen molar-refractivity contribution in [2.24, 2.45) is 0 Å². The predicted molar refractivity (Wildman–Crippen MR) is 408 cm³/mol. The molecule has 7 amide bonds. The van der Waals surface area contributed by atoms with Crippen molar-refractivity contribution in [2.75, 3.05) is 72.1 Å². The number of esters is 1. The van der Waals surface area contributed by atoms with Crippen molar-refractivity contribution >= 4 is 82.3 Å². The fourth-order valence-electron chi connectivity index (χ4n) is 9.61. The third-order valence-electron chi connectivity index (χ3n) is 14.9. The summed E-state index contributed by atoms with van der Waals surface area (Å²) in [5.41, 5.74) is 7.56. The Balaban J connectivity index is 0.000000297. The molecular formula is C75H95N10O22PS2. The van der Waals surface area contributed by atoms with Gasteiger partial charge in [-0.05, 0) is 110 Å². The van der Waals surface area contributed by atoms with Crippen molar-refractivity contribution in [3.8, 4) is 5.75 Å². The van der Waals surface area contributed by atoms with E-state index in [2.05, 4.69) is 58.3 Å². The number of aldehydes is 1. The van der Waals surface area contributed by atoms with E-state index in [1.165, 1.54) is 43.5 Å². The molecule has 0 bridgehead atoms. The smallest absolute Gasteiger partial charge is 0.464 e. The third kappa shape index (κ3) is 42.8. The van der Waals surface area contributed by atoms with E-state index >= 15 is 0 Å². The van der Waals surface area contributed by atoms with E-state index in [1.807, 2.05) is 82.5 Å². The minimum absolute atomic E-state index is 0.0405. The topological polar surface area (TPSA) is 468 Å². The molecule has 1 saturated heterocycles. The Morgan fingerprint density at radius 2 is 0.927 bits per heavy atom. The number of rotatable bonds is 38. The van der Waals surface area contributed by atoms with Gasteiger partial charge in [0.1, 0.15) is 31.3 Å². The van der Waals surface area contributed by atoms with E-state index in [0.717, 1.165) is 44.1 Å². The van der Waals surface area contributed by atoms with Crippen LogP contribution in [-0.4, -0.2) is 179 Å². The highest BCUT2D eigenvalue weighted by atomic mass is 32.3. The Labute approximate surface area is 639 Å². The molecule has 0 aromatic heterocycles. The molecule has 110 heavy (non-hydrogen) atoms. The van der Waals surface area contributed by atoms with E-state index in [4.69, 9.17) is 28.4 Å². The molecule has 594 valence electrons. The molecule has 0 spiro atoms. The molecule has 35 heteroatoms. The second-order valence-corrected chi connectivity index (χ2v) is 27.0. The van der Waals surface area contributed by atoms with Crippen molar-refractivity contribution in [1.82, 2.24) is 52.4 Å². The summed E-state index contributed by atoms with van der Waals surface area (Å²) >= 11 is 0. The van der Waals surface area contributed by atoms with Gasteiger partial charge in [-0.1, -0.05) is 166 Å². The number of carbonyl (C=O) groups excluding carboxylic acids is 9. The zero-order chi connectivity index (χ0) is 80.3. The molecule has 1 fully saturated rings. The number of phosphoric ester groups is 1. The highest BCUT2D eigenvalue weighted by Gasteiger charge is 2.32. The summed E-state index contributed by atoms with van der Waals surface area (Å²) in [6, 6.07) is 58.1. The molecule has 2 atom stereocenters. The van der Waals surface area contributed by atoms with Gasteiger partial charge in [-0.3, -0.25) is 52.6 Å². The van der Waals surface area contributed by atoms with Crippen molar-refractivity contribution in [1.29, 1.82) is 0 Å². The molecular weight excluding hydrogens is 1490 g/mol. The number of nitrogens with zero attached hydrogens (tertiary/aromatic N) is 1. The lowest BCUT2D eigenvalue weighted by Crippen LogP contribution is -2.53. The maximum Gasteiger partial charge on any atom is 0.469 e. The number of hydrazine groups is 1. The predicted octanol–water partition coefficient (Wildman–Crippen LogP) is 6.49. The number of hydrogen-bond acceptors (Lipinski definition) is 20. The Morgan fingerprint density at radius 1 is 0.509 bits per heavy atom. The number of hydrogen-bond donors (Lipinski definition) is 13. The molecule has 13 N–H and O–H groups in total. The fourth-order valence-corrected chi connectivity index (χ4v) is 10.6. The van der Waals surface area contributed by atoms with Gasteiger partial charge in [-0.15, -0.1) is 0 Å². The van der Waals surface area contributed by atoms with Crippen LogP contribution in [0.3, 0.4) is 0 Å². The maximum absolute atomic E-state index is 12.7. The van der Waals surface area contributed by atoms with Crippen LogP contribution >= 0.6 is 7.82 Å². The van der Waals surface area contributed by atoms with E-state index < -0.39 is 40.7 Å². The van der Waals surface area contributed by atoms with E-state index in [0.29, 0.717) is 65.9 Å². The van der Waals surface area contributed by atoms with Gasteiger partial charge in [-0.25, -0.2) is 14.4 Å². The van der Waals surface area contributed by atoms with Crippen LogP contribution in [0.2, 0.25) is 0 Å². The van der Waals surface area contributed by atoms with Crippen LogP contribution in [0, 0.1) is 0 Å². The molecule has 1 aliphatic rings. The first-order valence-corrected chi connectivity index (χ1v) is 39.3. The number of alkyl carbamates (subject to hydrolysis) is 1. The average Bonchev–Trinajstić information content (AvgIpc) is 1.73. The summed E-state index contributed by atoms with van der Waals surface area (Å²) < 4.78 is 89.3. The Morgan fingerprint density at radius 3 is 1.36 bits per heavy atom. The van der Waals surface area contributed by atoms with E-state index in [1.54, 1.807) is 109 Å². The molecule has 0 unspecified atom stereocenters. The van der Waals surface area contributed by atoms with E-state index in [9.17, 15) is 64.6 Å².